The summed E-state index contributed by atoms with van der Waals surface area (Å²) in [6, 6.07) is 0. The van der Waals surface area contributed by atoms with E-state index in [4.69, 9.17) is 9.26 Å². The van der Waals surface area contributed by atoms with Crippen LogP contribution in [0.2, 0.25) is 0 Å². The van der Waals surface area contributed by atoms with Crippen LogP contribution in [0, 0.1) is 6.92 Å². The Morgan fingerprint density at radius 3 is 2.80 bits per heavy atom. The third kappa shape index (κ3) is 3.44. The Hall–Kier alpha value is -2.22. The van der Waals surface area contributed by atoms with Gasteiger partial charge in [0.1, 0.15) is 10.6 Å². The molecule has 7 nitrogen and oxygen atoms in total. The lowest BCUT2D eigenvalue weighted by Crippen LogP contribution is -2.27. The zero-order valence-corrected chi connectivity index (χ0v) is 15.4. The fourth-order valence-electron chi connectivity index (χ4n) is 2.89. The number of hydrogen-bond donors (Lipinski definition) is 0. The highest BCUT2D eigenvalue weighted by atomic mass is 32.1. The molecule has 1 amide bonds. The van der Waals surface area contributed by atoms with Crippen molar-refractivity contribution in [2.24, 2.45) is 0 Å². The van der Waals surface area contributed by atoms with Crippen LogP contribution in [-0.4, -0.2) is 35.7 Å². The Labute approximate surface area is 150 Å². The highest BCUT2D eigenvalue weighted by molar-refractivity contribution is 7.17. The van der Waals surface area contributed by atoms with Crippen molar-refractivity contribution in [2.45, 2.75) is 46.0 Å². The second-order valence-corrected chi connectivity index (χ2v) is 6.97. The lowest BCUT2D eigenvalue weighted by molar-refractivity contribution is 0.0531. The maximum absolute atomic E-state index is 12.9. The average Bonchev–Trinajstić information content (AvgIpc) is 3.10. The highest BCUT2D eigenvalue weighted by Crippen LogP contribution is 2.29. The van der Waals surface area contributed by atoms with Gasteiger partial charge in [-0.25, -0.2) is 9.78 Å². The molecule has 25 heavy (non-hydrogen) atoms. The second kappa shape index (κ2) is 7.35. The van der Waals surface area contributed by atoms with Gasteiger partial charge in [-0.1, -0.05) is 22.9 Å². The van der Waals surface area contributed by atoms with Crippen LogP contribution in [0.25, 0.3) is 0 Å². The number of aryl methyl sites for hydroxylation is 2. The standard InChI is InChI=1S/C17H21N3O4S/c1-4-23-16(22)14-10(2)18-17(25-14)20(3)15(21)13-11-8-6-5-7-9-12(11)24-19-13/h4-9H2,1-3H3. The molecule has 0 fully saturated rings. The van der Waals surface area contributed by atoms with Gasteiger partial charge in [0.15, 0.2) is 10.8 Å². The zero-order valence-electron chi connectivity index (χ0n) is 14.6. The van der Waals surface area contributed by atoms with E-state index in [9.17, 15) is 9.59 Å². The summed E-state index contributed by atoms with van der Waals surface area (Å²) < 4.78 is 10.4. The topological polar surface area (TPSA) is 85.5 Å². The minimum atomic E-state index is -0.417. The minimum absolute atomic E-state index is 0.268. The van der Waals surface area contributed by atoms with E-state index in [2.05, 4.69) is 10.1 Å². The Balaban J connectivity index is 1.85. The molecule has 0 saturated carbocycles. The molecule has 8 heteroatoms. The summed E-state index contributed by atoms with van der Waals surface area (Å²) >= 11 is 1.14. The van der Waals surface area contributed by atoms with Crippen LogP contribution in [0.15, 0.2) is 4.52 Å². The fraction of sp³-hybridized carbons (Fsp3) is 0.529. The molecule has 2 aromatic rings. The van der Waals surface area contributed by atoms with Gasteiger partial charge in [-0.2, -0.15) is 0 Å². The summed E-state index contributed by atoms with van der Waals surface area (Å²) in [6.07, 6.45) is 4.84. The Bertz CT molecular complexity index is 796. The van der Waals surface area contributed by atoms with Crippen LogP contribution in [0.4, 0.5) is 5.13 Å². The van der Waals surface area contributed by atoms with E-state index in [0.717, 1.165) is 54.8 Å². The first-order valence-corrected chi connectivity index (χ1v) is 9.24. The number of carbonyl (C=O) groups excluding carboxylic acids is 2. The number of nitrogens with zero attached hydrogens (tertiary/aromatic N) is 3. The number of fused-ring (bicyclic) bond motifs is 1. The quantitative estimate of drug-likeness (QED) is 0.613. The third-order valence-corrected chi connectivity index (χ3v) is 5.45. The molecule has 0 bridgehead atoms. The number of hydrogen-bond acceptors (Lipinski definition) is 7. The van der Waals surface area contributed by atoms with E-state index >= 15 is 0 Å². The molecular formula is C17H21N3O4S. The molecule has 2 aromatic heterocycles. The summed E-state index contributed by atoms with van der Waals surface area (Å²) in [5.74, 6) is 0.132. The predicted octanol–water partition coefficient (Wildman–Crippen LogP) is 3.16. The molecule has 0 saturated heterocycles. The van der Waals surface area contributed by atoms with Crippen molar-refractivity contribution >= 4 is 28.3 Å². The monoisotopic (exact) mass is 363 g/mol. The van der Waals surface area contributed by atoms with Crippen LogP contribution >= 0.6 is 11.3 Å². The van der Waals surface area contributed by atoms with Gasteiger partial charge in [-0.05, 0) is 33.1 Å². The number of rotatable bonds is 4. The fourth-order valence-corrected chi connectivity index (χ4v) is 3.81. The van der Waals surface area contributed by atoms with Crippen molar-refractivity contribution in [3.8, 4) is 0 Å². The number of carbonyl (C=O) groups is 2. The van der Waals surface area contributed by atoms with Gasteiger partial charge in [-0.3, -0.25) is 9.69 Å². The Morgan fingerprint density at radius 1 is 1.28 bits per heavy atom. The van der Waals surface area contributed by atoms with Gasteiger partial charge in [0.05, 0.1) is 12.3 Å². The largest absolute Gasteiger partial charge is 0.462 e. The molecule has 0 aromatic carbocycles. The minimum Gasteiger partial charge on any atom is -0.462 e. The highest BCUT2D eigenvalue weighted by Gasteiger charge is 2.28. The van der Waals surface area contributed by atoms with E-state index in [1.165, 1.54) is 4.90 Å². The van der Waals surface area contributed by atoms with Gasteiger partial charge < -0.3 is 9.26 Å². The molecule has 0 spiro atoms. The van der Waals surface area contributed by atoms with Gasteiger partial charge >= 0.3 is 5.97 Å². The number of thiazole rings is 1. The SMILES string of the molecule is CCOC(=O)c1sc(N(C)C(=O)c2noc3c2CCCCC3)nc1C. The number of esters is 1. The lowest BCUT2D eigenvalue weighted by atomic mass is 10.1. The zero-order chi connectivity index (χ0) is 18.0. The van der Waals surface area contributed by atoms with Crippen LogP contribution in [0.3, 0.4) is 0 Å². The van der Waals surface area contributed by atoms with Crippen molar-refractivity contribution in [2.75, 3.05) is 18.6 Å². The third-order valence-electron chi connectivity index (χ3n) is 4.24. The van der Waals surface area contributed by atoms with Crippen molar-refractivity contribution in [1.82, 2.24) is 10.1 Å². The number of anilines is 1. The first-order chi connectivity index (χ1) is 12.0. The first kappa shape index (κ1) is 17.6. The van der Waals surface area contributed by atoms with Crippen LogP contribution < -0.4 is 4.90 Å². The number of amides is 1. The van der Waals surface area contributed by atoms with Gasteiger partial charge in [-0.15, -0.1) is 0 Å². The maximum Gasteiger partial charge on any atom is 0.350 e. The van der Waals surface area contributed by atoms with E-state index in [-0.39, 0.29) is 5.91 Å². The van der Waals surface area contributed by atoms with Crippen molar-refractivity contribution in [1.29, 1.82) is 0 Å². The summed E-state index contributed by atoms with van der Waals surface area (Å²) in [7, 11) is 1.63. The van der Waals surface area contributed by atoms with Gasteiger partial charge in [0.2, 0.25) is 0 Å². The molecular weight excluding hydrogens is 342 g/mol. The Morgan fingerprint density at radius 2 is 2.04 bits per heavy atom. The molecule has 0 atom stereocenters. The summed E-state index contributed by atoms with van der Waals surface area (Å²) in [4.78, 5) is 31.0. The molecule has 0 N–H and O–H groups in total. The molecule has 2 heterocycles. The lowest BCUT2D eigenvalue weighted by Gasteiger charge is -2.12. The summed E-state index contributed by atoms with van der Waals surface area (Å²) in [5, 5.41) is 4.44. The van der Waals surface area contributed by atoms with Crippen molar-refractivity contribution < 1.29 is 18.8 Å². The van der Waals surface area contributed by atoms with Crippen LogP contribution in [-0.2, 0) is 17.6 Å². The van der Waals surface area contributed by atoms with Gasteiger partial charge in [0.25, 0.3) is 5.91 Å². The maximum atomic E-state index is 12.9. The van der Waals surface area contributed by atoms with E-state index < -0.39 is 5.97 Å². The number of ether oxygens (including phenoxy) is 1. The molecule has 3 rings (SSSR count). The predicted molar refractivity (Wildman–Crippen MR) is 93.3 cm³/mol. The second-order valence-electron chi connectivity index (χ2n) is 5.99. The van der Waals surface area contributed by atoms with E-state index in [0.29, 0.717) is 28.0 Å². The first-order valence-electron chi connectivity index (χ1n) is 8.43. The molecule has 1 aliphatic rings. The summed E-state index contributed by atoms with van der Waals surface area (Å²) in [5.41, 5.74) is 1.82. The van der Waals surface area contributed by atoms with Crippen molar-refractivity contribution in [3.05, 3.63) is 27.6 Å². The Kier molecular flexibility index (Phi) is 5.17. The molecule has 0 unspecified atom stereocenters. The normalized spacial score (nSPS) is 13.9. The van der Waals surface area contributed by atoms with Gasteiger partial charge in [0, 0.05) is 19.0 Å². The molecule has 0 aliphatic heterocycles. The van der Waals surface area contributed by atoms with Crippen LogP contribution in [0.1, 0.15) is 63.4 Å². The molecule has 0 radical (unpaired) electrons. The smallest absolute Gasteiger partial charge is 0.350 e. The molecule has 1 aliphatic carbocycles. The summed E-state index contributed by atoms with van der Waals surface area (Å²) in [6.45, 7) is 3.78. The van der Waals surface area contributed by atoms with Crippen molar-refractivity contribution in [3.63, 3.8) is 0 Å². The average molecular weight is 363 g/mol. The molecule has 134 valence electrons. The van der Waals surface area contributed by atoms with E-state index in [1.807, 2.05) is 0 Å². The number of aromatic nitrogens is 2. The van der Waals surface area contributed by atoms with E-state index in [1.54, 1.807) is 20.9 Å². The van der Waals surface area contributed by atoms with Crippen LogP contribution in [0.5, 0.6) is 0 Å².